The molecule has 2 rings (SSSR count). The van der Waals surface area contributed by atoms with Gasteiger partial charge >= 0.3 is 5.97 Å². The van der Waals surface area contributed by atoms with E-state index in [1.807, 2.05) is 0 Å². The van der Waals surface area contributed by atoms with Crippen LogP contribution in [0.15, 0.2) is 0 Å². The lowest BCUT2D eigenvalue weighted by Gasteiger charge is -2.39. The fraction of sp³-hybridized carbons (Fsp3) is 0.929. The van der Waals surface area contributed by atoms with E-state index in [0.717, 1.165) is 65.0 Å². The molecular weight excluding hydrogens is 230 g/mol. The summed E-state index contributed by atoms with van der Waals surface area (Å²) >= 11 is 0. The number of carboxylic acids is 1. The molecule has 4 heteroatoms. The predicted octanol–water partition coefficient (Wildman–Crippen LogP) is 1.99. The van der Waals surface area contributed by atoms with E-state index in [-0.39, 0.29) is 0 Å². The number of piperidine rings is 1. The van der Waals surface area contributed by atoms with Crippen LogP contribution in [0.1, 0.15) is 39.0 Å². The lowest BCUT2D eigenvalue weighted by atomic mass is 9.75. The van der Waals surface area contributed by atoms with E-state index in [9.17, 15) is 9.90 Å². The first-order valence-corrected chi connectivity index (χ1v) is 7.20. The maximum atomic E-state index is 11.5. The fourth-order valence-electron chi connectivity index (χ4n) is 3.31. The zero-order valence-corrected chi connectivity index (χ0v) is 11.4. The Labute approximate surface area is 109 Å². The number of carbonyl (C=O) groups is 1. The van der Waals surface area contributed by atoms with Gasteiger partial charge in [0.2, 0.25) is 0 Å². The normalized spacial score (nSPS) is 28.4. The summed E-state index contributed by atoms with van der Waals surface area (Å²) in [6, 6.07) is 0. The molecule has 0 spiro atoms. The van der Waals surface area contributed by atoms with Crippen LogP contribution in [0.3, 0.4) is 0 Å². The second-order valence-corrected chi connectivity index (χ2v) is 5.87. The van der Waals surface area contributed by atoms with Gasteiger partial charge in [0.1, 0.15) is 0 Å². The number of carboxylic acid groups (broad SMARTS) is 1. The number of hydrogen-bond acceptors (Lipinski definition) is 3. The van der Waals surface area contributed by atoms with Crippen molar-refractivity contribution in [3.63, 3.8) is 0 Å². The highest BCUT2D eigenvalue weighted by Crippen LogP contribution is 2.36. The summed E-state index contributed by atoms with van der Waals surface area (Å²) in [4.78, 5) is 13.9. The number of likely N-dealkylation sites (tertiary alicyclic amines) is 1. The topological polar surface area (TPSA) is 49.8 Å². The molecule has 1 unspecified atom stereocenters. The summed E-state index contributed by atoms with van der Waals surface area (Å²) in [5.74, 6) is 0.0710. The van der Waals surface area contributed by atoms with Gasteiger partial charge in [-0.25, -0.2) is 0 Å². The van der Waals surface area contributed by atoms with Crippen molar-refractivity contribution in [2.24, 2.45) is 11.3 Å². The van der Waals surface area contributed by atoms with E-state index in [4.69, 9.17) is 4.74 Å². The van der Waals surface area contributed by atoms with Gasteiger partial charge in [0, 0.05) is 13.2 Å². The second kappa shape index (κ2) is 6.02. The van der Waals surface area contributed by atoms with Crippen molar-refractivity contribution in [3.8, 4) is 0 Å². The second-order valence-electron chi connectivity index (χ2n) is 5.87. The molecule has 1 N–H and O–H groups in total. The van der Waals surface area contributed by atoms with Crippen LogP contribution in [-0.2, 0) is 9.53 Å². The van der Waals surface area contributed by atoms with Crippen molar-refractivity contribution in [2.45, 2.75) is 39.0 Å². The Kier molecular flexibility index (Phi) is 4.62. The summed E-state index contributed by atoms with van der Waals surface area (Å²) in [5, 5.41) is 9.45. The molecular formula is C14H25NO3. The van der Waals surface area contributed by atoms with Gasteiger partial charge < -0.3 is 14.7 Å². The minimum atomic E-state index is -0.590. The van der Waals surface area contributed by atoms with Crippen LogP contribution < -0.4 is 0 Å². The summed E-state index contributed by atoms with van der Waals surface area (Å²) in [7, 11) is 0. The molecule has 0 aromatic heterocycles. The van der Waals surface area contributed by atoms with Crippen LogP contribution in [0.2, 0.25) is 0 Å². The molecule has 2 heterocycles. The lowest BCUT2D eigenvalue weighted by Crippen LogP contribution is -2.45. The Morgan fingerprint density at radius 1 is 1.44 bits per heavy atom. The largest absolute Gasteiger partial charge is 0.481 e. The monoisotopic (exact) mass is 255 g/mol. The quantitative estimate of drug-likeness (QED) is 0.816. The maximum absolute atomic E-state index is 11.5. The van der Waals surface area contributed by atoms with Gasteiger partial charge in [-0.2, -0.15) is 0 Å². The van der Waals surface area contributed by atoms with E-state index in [0.29, 0.717) is 5.92 Å². The van der Waals surface area contributed by atoms with Gasteiger partial charge in [0.05, 0.1) is 12.0 Å². The number of hydrogen-bond donors (Lipinski definition) is 1. The van der Waals surface area contributed by atoms with Gasteiger partial charge in [0.15, 0.2) is 0 Å². The summed E-state index contributed by atoms with van der Waals surface area (Å²) < 4.78 is 5.40. The Hall–Kier alpha value is -0.610. The molecule has 0 aromatic carbocycles. The average Bonchev–Trinajstić information content (AvgIpc) is 2.85. The van der Waals surface area contributed by atoms with Crippen molar-refractivity contribution in [1.29, 1.82) is 0 Å². The number of nitrogens with zero attached hydrogens (tertiary/aromatic N) is 1. The summed E-state index contributed by atoms with van der Waals surface area (Å²) in [6.45, 7) is 6.81. The number of aliphatic carboxylic acids is 1. The Morgan fingerprint density at radius 2 is 2.17 bits per heavy atom. The van der Waals surface area contributed by atoms with Crippen LogP contribution in [0, 0.1) is 11.3 Å². The molecule has 0 amide bonds. The van der Waals surface area contributed by atoms with Crippen molar-refractivity contribution in [1.82, 2.24) is 4.90 Å². The lowest BCUT2D eigenvalue weighted by molar-refractivity contribution is -0.152. The van der Waals surface area contributed by atoms with Crippen molar-refractivity contribution >= 4 is 5.97 Å². The van der Waals surface area contributed by atoms with E-state index in [2.05, 4.69) is 11.8 Å². The third-order valence-corrected chi connectivity index (χ3v) is 4.54. The third-order valence-electron chi connectivity index (χ3n) is 4.54. The van der Waals surface area contributed by atoms with Gasteiger partial charge in [-0.3, -0.25) is 4.79 Å². The molecule has 2 aliphatic rings. The SMILES string of the molecule is CCCC1(C(=O)O)CCN(CC2CCOC2)CC1. The van der Waals surface area contributed by atoms with Gasteiger partial charge in [-0.05, 0) is 44.7 Å². The minimum absolute atomic E-state index is 0.447. The van der Waals surface area contributed by atoms with Crippen molar-refractivity contribution < 1.29 is 14.6 Å². The smallest absolute Gasteiger partial charge is 0.309 e. The zero-order valence-electron chi connectivity index (χ0n) is 11.4. The van der Waals surface area contributed by atoms with Gasteiger partial charge in [0.25, 0.3) is 0 Å². The molecule has 0 saturated carbocycles. The molecule has 4 nitrogen and oxygen atoms in total. The number of ether oxygens (including phenoxy) is 1. The molecule has 0 aromatic rings. The molecule has 104 valence electrons. The van der Waals surface area contributed by atoms with Crippen LogP contribution in [0.25, 0.3) is 0 Å². The first-order chi connectivity index (χ1) is 8.66. The molecule has 2 fully saturated rings. The highest BCUT2D eigenvalue weighted by Gasteiger charge is 2.40. The maximum Gasteiger partial charge on any atom is 0.309 e. The molecule has 0 aliphatic carbocycles. The Morgan fingerprint density at radius 3 is 2.67 bits per heavy atom. The van der Waals surface area contributed by atoms with Crippen LogP contribution in [0.5, 0.6) is 0 Å². The van der Waals surface area contributed by atoms with E-state index in [1.165, 1.54) is 0 Å². The van der Waals surface area contributed by atoms with Gasteiger partial charge in [-0.15, -0.1) is 0 Å². The first kappa shape index (κ1) is 13.8. The van der Waals surface area contributed by atoms with Crippen LogP contribution in [-0.4, -0.2) is 48.8 Å². The van der Waals surface area contributed by atoms with E-state index < -0.39 is 11.4 Å². The highest BCUT2D eigenvalue weighted by molar-refractivity contribution is 5.74. The molecule has 0 radical (unpaired) electrons. The van der Waals surface area contributed by atoms with Crippen LogP contribution in [0.4, 0.5) is 0 Å². The average molecular weight is 255 g/mol. The summed E-state index contributed by atoms with van der Waals surface area (Å²) in [6.07, 6.45) is 4.56. The predicted molar refractivity (Wildman–Crippen MR) is 69.6 cm³/mol. The van der Waals surface area contributed by atoms with Crippen molar-refractivity contribution in [2.75, 3.05) is 32.8 Å². The van der Waals surface area contributed by atoms with Crippen molar-refractivity contribution in [3.05, 3.63) is 0 Å². The third kappa shape index (κ3) is 3.04. The molecule has 2 aliphatic heterocycles. The van der Waals surface area contributed by atoms with E-state index >= 15 is 0 Å². The molecule has 18 heavy (non-hydrogen) atoms. The fourth-order valence-corrected chi connectivity index (χ4v) is 3.31. The minimum Gasteiger partial charge on any atom is -0.481 e. The molecule has 2 saturated heterocycles. The first-order valence-electron chi connectivity index (χ1n) is 7.20. The van der Waals surface area contributed by atoms with E-state index in [1.54, 1.807) is 0 Å². The highest BCUT2D eigenvalue weighted by atomic mass is 16.5. The van der Waals surface area contributed by atoms with Gasteiger partial charge in [-0.1, -0.05) is 13.3 Å². The summed E-state index contributed by atoms with van der Waals surface area (Å²) in [5.41, 5.74) is -0.447. The molecule has 1 atom stereocenters. The Balaban J connectivity index is 1.83. The zero-order chi connectivity index (χ0) is 13.0. The number of rotatable bonds is 5. The standard InChI is InChI=1S/C14H25NO3/c1-2-4-14(13(16)17)5-7-15(8-6-14)10-12-3-9-18-11-12/h12H,2-11H2,1H3,(H,16,17). The molecule has 0 bridgehead atoms. The Bertz CT molecular complexity index is 279. The van der Waals surface area contributed by atoms with Crippen LogP contribution >= 0.6 is 0 Å².